The Kier molecular flexibility index (Phi) is 6.95. The first-order valence-electron chi connectivity index (χ1n) is 11.4. The van der Waals surface area contributed by atoms with Gasteiger partial charge in [0.25, 0.3) is 5.91 Å². The third-order valence-corrected chi connectivity index (χ3v) is 6.09. The first-order valence-corrected chi connectivity index (χ1v) is 11.4. The maximum atomic E-state index is 12.5. The zero-order valence-electron chi connectivity index (χ0n) is 18.9. The van der Waals surface area contributed by atoms with Crippen molar-refractivity contribution in [2.45, 2.75) is 26.4 Å². The van der Waals surface area contributed by atoms with Crippen LogP contribution in [0.1, 0.15) is 18.9 Å². The van der Waals surface area contributed by atoms with Crippen molar-refractivity contribution in [3.05, 3.63) is 54.1 Å². The Balaban J connectivity index is 1.18. The Hall–Kier alpha value is -3.06. The summed E-state index contributed by atoms with van der Waals surface area (Å²) < 4.78 is 5.63. The Bertz CT molecular complexity index is 956. The smallest absolute Gasteiger partial charge is 0.268 e. The average Bonchev–Trinajstić information content (AvgIpc) is 2.80. The van der Waals surface area contributed by atoms with Gasteiger partial charge in [0.05, 0.1) is 5.69 Å². The van der Waals surface area contributed by atoms with Crippen molar-refractivity contribution in [3.8, 4) is 5.75 Å². The number of nitrogens with one attached hydrogen (secondary N) is 1. The molecule has 1 N–H and O–H groups in total. The molecule has 2 heterocycles. The quantitative estimate of drug-likeness (QED) is 0.676. The lowest BCUT2D eigenvalue weighted by molar-refractivity contribution is -0.128. The number of carbonyl (C=O) groups is 2. The van der Waals surface area contributed by atoms with Gasteiger partial charge in [-0.3, -0.25) is 19.4 Å². The van der Waals surface area contributed by atoms with Crippen LogP contribution in [-0.4, -0.2) is 68.6 Å². The SMILES string of the molecule is Cc1cccc(N2CCN(CCCNC(=O)CN3C(=O)C(C)Oc4ccccc43)CC2)c1. The molecule has 1 atom stereocenters. The van der Waals surface area contributed by atoms with E-state index in [1.165, 1.54) is 16.2 Å². The molecular weight excluding hydrogens is 404 g/mol. The molecule has 2 aromatic rings. The average molecular weight is 437 g/mol. The maximum Gasteiger partial charge on any atom is 0.268 e. The molecule has 7 heteroatoms. The van der Waals surface area contributed by atoms with Crippen LogP contribution in [0.15, 0.2) is 48.5 Å². The Morgan fingerprint density at radius 2 is 1.88 bits per heavy atom. The zero-order chi connectivity index (χ0) is 22.5. The van der Waals surface area contributed by atoms with Crippen LogP contribution in [0.2, 0.25) is 0 Å². The first-order chi connectivity index (χ1) is 15.5. The van der Waals surface area contributed by atoms with Crippen LogP contribution in [0, 0.1) is 6.92 Å². The molecule has 2 aromatic carbocycles. The molecule has 0 spiro atoms. The summed E-state index contributed by atoms with van der Waals surface area (Å²) in [5.74, 6) is 0.300. The molecule has 1 fully saturated rings. The highest BCUT2D eigenvalue weighted by molar-refractivity contribution is 6.03. The van der Waals surface area contributed by atoms with Crippen LogP contribution in [0.25, 0.3) is 0 Å². The second-order valence-electron chi connectivity index (χ2n) is 8.52. The number of fused-ring (bicyclic) bond motifs is 1. The maximum absolute atomic E-state index is 12.5. The third-order valence-electron chi connectivity index (χ3n) is 6.09. The number of para-hydroxylation sites is 2. The number of hydrogen-bond acceptors (Lipinski definition) is 5. The van der Waals surface area contributed by atoms with Gasteiger partial charge in [0.2, 0.25) is 5.91 Å². The molecule has 0 aliphatic carbocycles. The van der Waals surface area contributed by atoms with Gasteiger partial charge in [-0.2, -0.15) is 0 Å². The normalized spacial score (nSPS) is 18.8. The fourth-order valence-electron chi connectivity index (χ4n) is 4.31. The minimum absolute atomic E-state index is 0.0126. The fraction of sp³-hybridized carbons (Fsp3) is 0.440. The lowest BCUT2D eigenvalue weighted by atomic mass is 10.2. The van der Waals surface area contributed by atoms with E-state index in [1.54, 1.807) is 6.92 Å². The van der Waals surface area contributed by atoms with E-state index in [-0.39, 0.29) is 18.4 Å². The van der Waals surface area contributed by atoms with Crippen LogP contribution in [-0.2, 0) is 9.59 Å². The second-order valence-corrected chi connectivity index (χ2v) is 8.52. The van der Waals surface area contributed by atoms with E-state index in [2.05, 4.69) is 46.3 Å². The fourth-order valence-corrected chi connectivity index (χ4v) is 4.31. The summed E-state index contributed by atoms with van der Waals surface area (Å²) in [6.45, 7) is 9.50. The van der Waals surface area contributed by atoms with Gasteiger partial charge in [-0.25, -0.2) is 0 Å². The largest absolute Gasteiger partial charge is 0.479 e. The molecular formula is C25H32N4O3. The van der Waals surface area contributed by atoms with Crippen LogP contribution < -0.4 is 19.9 Å². The standard InChI is InChI=1S/C25H32N4O3/c1-19-7-5-8-21(17-19)28-15-13-27(14-16-28)12-6-11-26-24(30)18-29-22-9-3-4-10-23(22)32-20(2)25(29)31/h3-5,7-10,17,20H,6,11-16,18H2,1-2H3,(H,26,30). The molecule has 170 valence electrons. The van der Waals surface area contributed by atoms with Crippen molar-refractivity contribution in [2.75, 3.05) is 55.6 Å². The van der Waals surface area contributed by atoms with Crippen LogP contribution in [0.4, 0.5) is 11.4 Å². The van der Waals surface area contributed by atoms with Gasteiger partial charge in [0, 0.05) is 38.4 Å². The summed E-state index contributed by atoms with van der Waals surface area (Å²) in [5.41, 5.74) is 3.24. The van der Waals surface area contributed by atoms with Gasteiger partial charge in [-0.05, 0) is 56.6 Å². The van der Waals surface area contributed by atoms with Gasteiger partial charge < -0.3 is 15.0 Å². The minimum atomic E-state index is -0.587. The zero-order valence-corrected chi connectivity index (χ0v) is 18.9. The van der Waals surface area contributed by atoms with Crippen molar-refractivity contribution in [2.24, 2.45) is 0 Å². The minimum Gasteiger partial charge on any atom is -0.479 e. The molecule has 7 nitrogen and oxygen atoms in total. The Labute approximate surface area is 189 Å². The number of ether oxygens (including phenoxy) is 1. The number of piperazine rings is 1. The van der Waals surface area contributed by atoms with Gasteiger partial charge in [-0.15, -0.1) is 0 Å². The molecule has 2 aliphatic rings. The molecule has 2 amide bonds. The van der Waals surface area contributed by atoms with Crippen LogP contribution in [0.3, 0.4) is 0 Å². The van der Waals surface area contributed by atoms with Gasteiger partial charge in [0.15, 0.2) is 6.10 Å². The first kappa shape index (κ1) is 22.1. The number of benzene rings is 2. The Morgan fingerprint density at radius 1 is 1.09 bits per heavy atom. The number of hydrogen-bond donors (Lipinski definition) is 1. The predicted octanol–water partition coefficient (Wildman–Crippen LogP) is 2.44. The predicted molar refractivity (Wildman–Crippen MR) is 126 cm³/mol. The third kappa shape index (κ3) is 5.22. The van der Waals surface area contributed by atoms with E-state index in [0.29, 0.717) is 18.0 Å². The molecule has 0 aromatic heterocycles. The van der Waals surface area contributed by atoms with Crippen LogP contribution in [0.5, 0.6) is 5.75 Å². The summed E-state index contributed by atoms with van der Waals surface area (Å²) in [5, 5.41) is 2.97. The van der Waals surface area contributed by atoms with E-state index in [4.69, 9.17) is 4.74 Å². The highest BCUT2D eigenvalue weighted by Crippen LogP contribution is 2.33. The van der Waals surface area contributed by atoms with Gasteiger partial charge >= 0.3 is 0 Å². The lowest BCUT2D eigenvalue weighted by Crippen LogP contribution is -2.49. The van der Waals surface area contributed by atoms with Crippen molar-refractivity contribution in [1.82, 2.24) is 10.2 Å². The van der Waals surface area contributed by atoms with Crippen molar-refractivity contribution < 1.29 is 14.3 Å². The van der Waals surface area contributed by atoms with E-state index < -0.39 is 6.10 Å². The number of carbonyl (C=O) groups excluding carboxylic acids is 2. The molecule has 0 saturated carbocycles. The molecule has 0 radical (unpaired) electrons. The summed E-state index contributed by atoms with van der Waals surface area (Å²) in [7, 11) is 0. The molecule has 2 aliphatic heterocycles. The molecule has 32 heavy (non-hydrogen) atoms. The topological polar surface area (TPSA) is 65.1 Å². The summed E-state index contributed by atoms with van der Waals surface area (Å²) in [6.07, 6.45) is 0.302. The lowest BCUT2D eigenvalue weighted by Gasteiger charge is -2.36. The van der Waals surface area contributed by atoms with Crippen molar-refractivity contribution in [1.29, 1.82) is 0 Å². The van der Waals surface area contributed by atoms with E-state index in [1.807, 2.05) is 24.3 Å². The van der Waals surface area contributed by atoms with E-state index in [9.17, 15) is 9.59 Å². The molecule has 1 unspecified atom stereocenters. The number of aryl methyl sites for hydroxylation is 1. The number of amides is 2. The number of rotatable bonds is 7. The second kappa shape index (κ2) is 10.0. The van der Waals surface area contributed by atoms with Gasteiger partial charge in [-0.1, -0.05) is 24.3 Å². The summed E-state index contributed by atoms with van der Waals surface area (Å²) in [4.78, 5) is 31.4. The number of anilines is 2. The highest BCUT2D eigenvalue weighted by atomic mass is 16.5. The number of nitrogens with zero attached hydrogens (tertiary/aromatic N) is 3. The van der Waals surface area contributed by atoms with Crippen molar-refractivity contribution in [3.63, 3.8) is 0 Å². The van der Waals surface area contributed by atoms with Gasteiger partial charge in [0.1, 0.15) is 12.3 Å². The highest BCUT2D eigenvalue weighted by Gasteiger charge is 2.32. The van der Waals surface area contributed by atoms with Crippen LogP contribution >= 0.6 is 0 Å². The van der Waals surface area contributed by atoms with E-state index >= 15 is 0 Å². The molecule has 1 saturated heterocycles. The Morgan fingerprint density at radius 3 is 2.66 bits per heavy atom. The van der Waals surface area contributed by atoms with Crippen molar-refractivity contribution >= 4 is 23.2 Å². The molecule has 0 bridgehead atoms. The summed E-state index contributed by atoms with van der Waals surface area (Å²) >= 11 is 0. The monoisotopic (exact) mass is 436 g/mol. The summed E-state index contributed by atoms with van der Waals surface area (Å²) in [6, 6.07) is 16.0. The molecule has 4 rings (SSSR count). The van der Waals surface area contributed by atoms with E-state index in [0.717, 1.165) is 39.1 Å².